The Kier molecular flexibility index (Phi) is 9.53. The average Bonchev–Trinajstić information content (AvgIpc) is 3.45. The fraction of sp³-hybridized carbons (Fsp3) is 0.355. The van der Waals surface area contributed by atoms with Gasteiger partial charge in [-0.2, -0.15) is 0 Å². The van der Waals surface area contributed by atoms with Crippen molar-refractivity contribution in [3.8, 4) is 0 Å². The van der Waals surface area contributed by atoms with Crippen molar-refractivity contribution in [1.82, 2.24) is 10.2 Å². The second-order valence-electron chi connectivity index (χ2n) is 10.4. The van der Waals surface area contributed by atoms with Gasteiger partial charge in [-0.1, -0.05) is 78.5 Å². The average molecular weight is 582 g/mol. The number of halogens is 1. The summed E-state index contributed by atoms with van der Waals surface area (Å²) < 4.78 is 29.1. The Hall–Kier alpha value is -3.36. The van der Waals surface area contributed by atoms with E-state index in [0.29, 0.717) is 16.3 Å². The zero-order valence-corrected chi connectivity index (χ0v) is 24.7. The van der Waals surface area contributed by atoms with Crippen molar-refractivity contribution in [3.05, 3.63) is 94.5 Å². The SMILES string of the molecule is Cc1ccc(S(=O)(=O)N(CC(=O)N(Cc2ccccc2)[C@H](C)C(=O)NC2CCCC2)c2cc(Cl)ccc2C)cc1. The van der Waals surface area contributed by atoms with Crippen LogP contribution in [0.15, 0.2) is 77.7 Å². The quantitative estimate of drug-likeness (QED) is 0.336. The van der Waals surface area contributed by atoms with Crippen LogP contribution in [-0.4, -0.2) is 43.8 Å². The van der Waals surface area contributed by atoms with Crippen LogP contribution in [0.2, 0.25) is 5.02 Å². The first kappa shape index (κ1) is 29.6. The maximum atomic E-state index is 14.0. The highest BCUT2D eigenvalue weighted by atomic mass is 35.5. The third kappa shape index (κ3) is 7.04. The summed E-state index contributed by atoms with van der Waals surface area (Å²) in [6.45, 7) is 5.00. The van der Waals surface area contributed by atoms with Gasteiger partial charge in [-0.3, -0.25) is 13.9 Å². The maximum absolute atomic E-state index is 14.0. The molecule has 212 valence electrons. The molecule has 2 amide bonds. The van der Waals surface area contributed by atoms with Gasteiger partial charge >= 0.3 is 0 Å². The Labute approximate surface area is 242 Å². The summed E-state index contributed by atoms with van der Waals surface area (Å²) in [5.74, 6) is -0.740. The molecular formula is C31H36ClN3O4S. The Morgan fingerprint density at radius 1 is 0.975 bits per heavy atom. The van der Waals surface area contributed by atoms with Gasteiger partial charge in [0.1, 0.15) is 12.6 Å². The summed E-state index contributed by atoms with van der Waals surface area (Å²) in [5.41, 5.74) is 2.71. The molecular weight excluding hydrogens is 546 g/mol. The second-order valence-corrected chi connectivity index (χ2v) is 12.7. The lowest BCUT2D eigenvalue weighted by Gasteiger charge is -2.33. The molecule has 0 spiro atoms. The van der Waals surface area contributed by atoms with Crippen LogP contribution >= 0.6 is 11.6 Å². The lowest BCUT2D eigenvalue weighted by molar-refractivity contribution is -0.139. The van der Waals surface area contributed by atoms with Crippen molar-refractivity contribution < 1.29 is 18.0 Å². The topological polar surface area (TPSA) is 86.8 Å². The summed E-state index contributed by atoms with van der Waals surface area (Å²) in [6, 6.07) is 20.1. The fourth-order valence-electron chi connectivity index (χ4n) is 4.96. The highest BCUT2D eigenvalue weighted by molar-refractivity contribution is 7.92. The van der Waals surface area contributed by atoms with Gasteiger partial charge < -0.3 is 10.2 Å². The van der Waals surface area contributed by atoms with E-state index in [-0.39, 0.29) is 23.4 Å². The zero-order chi connectivity index (χ0) is 28.9. The Bertz CT molecular complexity index is 1440. The summed E-state index contributed by atoms with van der Waals surface area (Å²) >= 11 is 6.29. The molecule has 0 saturated heterocycles. The van der Waals surface area contributed by atoms with Crippen LogP contribution in [0.25, 0.3) is 0 Å². The minimum absolute atomic E-state index is 0.0620. The molecule has 4 rings (SSSR count). The van der Waals surface area contributed by atoms with Crippen molar-refractivity contribution in [3.63, 3.8) is 0 Å². The molecule has 9 heteroatoms. The van der Waals surface area contributed by atoms with Gasteiger partial charge in [0, 0.05) is 17.6 Å². The summed E-state index contributed by atoms with van der Waals surface area (Å²) in [4.78, 5) is 28.9. The predicted molar refractivity (Wildman–Crippen MR) is 159 cm³/mol. The molecule has 0 aromatic heterocycles. The number of nitrogens with zero attached hydrogens (tertiary/aromatic N) is 2. The van der Waals surface area contributed by atoms with Gasteiger partial charge in [0.15, 0.2) is 0 Å². The van der Waals surface area contributed by atoms with E-state index in [9.17, 15) is 18.0 Å². The lowest BCUT2D eigenvalue weighted by atomic mass is 10.1. The summed E-state index contributed by atoms with van der Waals surface area (Å²) in [7, 11) is -4.15. The number of carbonyl (C=O) groups is 2. The Morgan fingerprint density at radius 3 is 2.27 bits per heavy atom. The van der Waals surface area contributed by atoms with Crippen molar-refractivity contribution in [2.45, 2.75) is 70.0 Å². The van der Waals surface area contributed by atoms with Crippen LogP contribution in [0.1, 0.15) is 49.3 Å². The van der Waals surface area contributed by atoms with Crippen molar-refractivity contribution in [2.75, 3.05) is 10.8 Å². The first-order valence-corrected chi connectivity index (χ1v) is 15.4. The van der Waals surface area contributed by atoms with Crippen LogP contribution < -0.4 is 9.62 Å². The second kappa shape index (κ2) is 12.9. The molecule has 0 unspecified atom stereocenters. The van der Waals surface area contributed by atoms with Gasteiger partial charge in [-0.15, -0.1) is 0 Å². The molecule has 0 heterocycles. The van der Waals surface area contributed by atoms with Gasteiger partial charge in [0.25, 0.3) is 10.0 Å². The smallest absolute Gasteiger partial charge is 0.264 e. The number of nitrogens with one attached hydrogen (secondary N) is 1. The van der Waals surface area contributed by atoms with E-state index in [0.717, 1.165) is 41.1 Å². The summed E-state index contributed by atoms with van der Waals surface area (Å²) in [6.07, 6.45) is 3.97. The number of rotatable bonds is 10. The van der Waals surface area contributed by atoms with Crippen LogP contribution in [0, 0.1) is 13.8 Å². The molecule has 1 aliphatic carbocycles. The fourth-order valence-corrected chi connectivity index (χ4v) is 6.59. The highest BCUT2D eigenvalue weighted by Crippen LogP contribution is 2.30. The van der Waals surface area contributed by atoms with E-state index < -0.39 is 28.5 Å². The monoisotopic (exact) mass is 581 g/mol. The molecule has 40 heavy (non-hydrogen) atoms. The van der Waals surface area contributed by atoms with Crippen molar-refractivity contribution >= 4 is 39.1 Å². The van der Waals surface area contributed by atoms with Crippen LogP contribution in [0.4, 0.5) is 5.69 Å². The van der Waals surface area contributed by atoms with Crippen molar-refractivity contribution in [1.29, 1.82) is 0 Å². The van der Waals surface area contributed by atoms with Crippen molar-refractivity contribution in [2.24, 2.45) is 0 Å². The van der Waals surface area contributed by atoms with E-state index in [1.54, 1.807) is 44.2 Å². The number of sulfonamides is 1. The largest absolute Gasteiger partial charge is 0.352 e. The van der Waals surface area contributed by atoms with Gasteiger partial charge in [0.2, 0.25) is 11.8 Å². The maximum Gasteiger partial charge on any atom is 0.264 e. The number of carbonyl (C=O) groups excluding carboxylic acids is 2. The molecule has 0 bridgehead atoms. The van der Waals surface area contributed by atoms with E-state index in [4.69, 9.17) is 11.6 Å². The van der Waals surface area contributed by atoms with Gasteiger partial charge in [-0.05, 0) is 69.0 Å². The lowest BCUT2D eigenvalue weighted by Crippen LogP contribution is -2.52. The molecule has 7 nitrogen and oxygen atoms in total. The number of aryl methyl sites for hydroxylation is 2. The van der Waals surface area contributed by atoms with Gasteiger partial charge in [-0.25, -0.2) is 8.42 Å². The summed E-state index contributed by atoms with van der Waals surface area (Å²) in [5, 5.41) is 3.43. The predicted octanol–water partition coefficient (Wildman–Crippen LogP) is 5.63. The van der Waals surface area contributed by atoms with E-state index >= 15 is 0 Å². The Morgan fingerprint density at radius 2 is 1.62 bits per heavy atom. The Balaban J connectivity index is 1.70. The molecule has 1 fully saturated rings. The first-order valence-electron chi connectivity index (χ1n) is 13.6. The molecule has 1 saturated carbocycles. The molecule has 3 aromatic carbocycles. The zero-order valence-electron chi connectivity index (χ0n) is 23.1. The normalized spacial score (nSPS) is 14.5. The molecule has 0 radical (unpaired) electrons. The van der Waals surface area contributed by atoms with E-state index in [2.05, 4.69) is 5.32 Å². The third-order valence-electron chi connectivity index (χ3n) is 7.39. The van der Waals surface area contributed by atoms with Gasteiger partial charge in [0.05, 0.1) is 10.6 Å². The standard InChI is InChI=1S/C31H36ClN3O4S/c1-22-13-17-28(18-14-22)40(38,39)35(29-19-26(32)16-15-23(29)2)21-30(36)34(20-25-9-5-4-6-10-25)24(3)31(37)33-27-11-7-8-12-27/h4-6,9-10,13-19,24,27H,7-8,11-12,20-21H2,1-3H3,(H,33,37)/t24-/m1/s1. The van der Waals surface area contributed by atoms with E-state index in [1.807, 2.05) is 37.3 Å². The van der Waals surface area contributed by atoms with Crippen LogP contribution in [0.3, 0.4) is 0 Å². The minimum Gasteiger partial charge on any atom is -0.352 e. The highest BCUT2D eigenvalue weighted by Gasteiger charge is 2.34. The number of benzene rings is 3. The number of hydrogen-bond donors (Lipinski definition) is 1. The number of hydrogen-bond acceptors (Lipinski definition) is 4. The van der Waals surface area contributed by atoms with Crippen LogP contribution in [-0.2, 0) is 26.2 Å². The molecule has 0 aliphatic heterocycles. The molecule has 3 aromatic rings. The molecule has 1 atom stereocenters. The number of anilines is 1. The minimum atomic E-state index is -4.15. The molecule has 1 N–H and O–H groups in total. The molecule has 1 aliphatic rings. The van der Waals surface area contributed by atoms with Crippen LogP contribution in [0.5, 0.6) is 0 Å². The first-order chi connectivity index (χ1) is 19.1. The third-order valence-corrected chi connectivity index (χ3v) is 9.40. The number of amides is 2. The van der Waals surface area contributed by atoms with E-state index in [1.165, 1.54) is 17.0 Å².